The van der Waals surface area contributed by atoms with Crippen molar-refractivity contribution in [2.45, 2.75) is 12.8 Å². The minimum atomic E-state index is -0.728. The maximum atomic E-state index is 11.6. The highest BCUT2D eigenvalue weighted by Gasteiger charge is 2.13. The molecule has 15 heavy (non-hydrogen) atoms. The fourth-order valence-electron chi connectivity index (χ4n) is 1.50. The molecule has 1 aliphatic rings. The fraction of sp³-hybridized carbons (Fsp3) is 0.333. The summed E-state index contributed by atoms with van der Waals surface area (Å²) in [7, 11) is -0.728. The predicted octanol–water partition coefficient (Wildman–Crippen LogP) is 2.96. The molecule has 1 heterocycles. The number of benzene rings is 1. The van der Waals surface area contributed by atoms with Crippen LogP contribution in [0, 0.1) is 0 Å². The van der Waals surface area contributed by atoms with Crippen LogP contribution in [0.2, 0.25) is 0 Å². The summed E-state index contributed by atoms with van der Waals surface area (Å²) < 4.78 is 12.7. The zero-order valence-electron chi connectivity index (χ0n) is 8.52. The van der Waals surface area contributed by atoms with Gasteiger partial charge in [0.2, 0.25) is 0 Å². The highest BCUT2D eigenvalue weighted by molar-refractivity contribution is 8.17. The average molecular weight is 238 g/mol. The zero-order valence-corrected chi connectivity index (χ0v) is 10.2. The van der Waals surface area contributed by atoms with Crippen LogP contribution in [0.4, 0.5) is 0 Å². The van der Waals surface area contributed by atoms with Crippen LogP contribution < -0.4 is 0 Å². The maximum Gasteiger partial charge on any atom is 0.0679 e. The number of hydrogen-bond acceptors (Lipinski definition) is 2. The van der Waals surface area contributed by atoms with E-state index in [0.717, 1.165) is 28.6 Å². The van der Waals surface area contributed by atoms with Crippen molar-refractivity contribution in [1.82, 2.24) is 0 Å². The van der Waals surface area contributed by atoms with E-state index in [1.807, 2.05) is 18.2 Å². The van der Waals surface area contributed by atoms with Crippen LogP contribution in [-0.4, -0.2) is 15.7 Å². The lowest BCUT2D eigenvalue weighted by atomic mass is 10.2. The first-order valence-corrected chi connectivity index (χ1v) is 7.42. The summed E-state index contributed by atoms with van der Waals surface area (Å²) in [6.45, 7) is 0. The standard InChI is InChI=1S/C12H14OS2/c13-15-10-4-9-14-12(15)8-7-11-5-2-1-3-6-11/h1-3,5-6,8H,4,7,9-10H2/b12-8+. The molecule has 1 aliphatic heterocycles. The monoisotopic (exact) mass is 238 g/mol. The van der Waals surface area contributed by atoms with Gasteiger partial charge in [0, 0.05) is 5.75 Å². The van der Waals surface area contributed by atoms with Gasteiger partial charge in [0.25, 0.3) is 0 Å². The third kappa shape index (κ3) is 3.21. The van der Waals surface area contributed by atoms with Gasteiger partial charge < -0.3 is 0 Å². The average Bonchev–Trinajstić information content (AvgIpc) is 2.29. The van der Waals surface area contributed by atoms with E-state index < -0.39 is 10.8 Å². The van der Waals surface area contributed by atoms with Gasteiger partial charge in [-0.1, -0.05) is 36.4 Å². The second kappa shape index (κ2) is 5.52. The Morgan fingerprint density at radius 2 is 2.13 bits per heavy atom. The number of rotatable bonds is 2. The lowest BCUT2D eigenvalue weighted by Crippen LogP contribution is -2.06. The molecule has 1 saturated heterocycles. The molecule has 1 aromatic carbocycles. The summed E-state index contributed by atoms with van der Waals surface area (Å²) in [5.74, 6) is 1.96. The quantitative estimate of drug-likeness (QED) is 0.788. The van der Waals surface area contributed by atoms with E-state index in [1.165, 1.54) is 5.56 Å². The molecule has 0 amide bonds. The number of allylic oxidation sites excluding steroid dienone is 1. The van der Waals surface area contributed by atoms with Gasteiger partial charge in [-0.15, -0.1) is 11.8 Å². The molecule has 1 unspecified atom stereocenters. The van der Waals surface area contributed by atoms with Gasteiger partial charge in [0.1, 0.15) is 0 Å². The van der Waals surface area contributed by atoms with E-state index in [-0.39, 0.29) is 0 Å². The second-order valence-electron chi connectivity index (χ2n) is 3.46. The predicted molar refractivity (Wildman–Crippen MR) is 68.3 cm³/mol. The van der Waals surface area contributed by atoms with Crippen LogP contribution in [0.25, 0.3) is 0 Å². The van der Waals surface area contributed by atoms with Crippen molar-refractivity contribution in [1.29, 1.82) is 0 Å². The highest BCUT2D eigenvalue weighted by Crippen LogP contribution is 2.26. The Bertz CT molecular complexity index is 370. The van der Waals surface area contributed by atoms with Gasteiger partial charge in [0.15, 0.2) is 0 Å². The first-order chi connectivity index (χ1) is 7.36. The van der Waals surface area contributed by atoms with E-state index in [2.05, 4.69) is 18.2 Å². The molecule has 0 aliphatic carbocycles. The van der Waals surface area contributed by atoms with Gasteiger partial charge in [-0.2, -0.15) is 0 Å². The lowest BCUT2D eigenvalue weighted by Gasteiger charge is -2.12. The summed E-state index contributed by atoms with van der Waals surface area (Å²) in [5.41, 5.74) is 1.29. The summed E-state index contributed by atoms with van der Waals surface area (Å²) in [6, 6.07) is 10.3. The van der Waals surface area contributed by atoms with E-state index in [0.29, 0.717) is 0 Å². The zero-order chi connectivity index (χ0) is 10.5. The largest absolute Gasteiger partial charge is 0.254 e. The lowest BCUT2D eigenvalue weighted by molar-refractivity contribution is 0.686. The topological polar surface area (TPSA) is 17.1 Å². The van der Waals surface area contributed by atoms with Gasteiger partial charge in [-0.25, -0.2) is 0 Å². The molecule has 0 saturated carbocycles. The summed E-state index contributed by atoms with van der Waals surface area (Å²) in [5, 5.41) is 0. The van der Waals surface area contributed by atoms with Gasteiger partial charge >= 0.3 is 0 Å². The Kier molecular flexibility index (Phi) is 4.03. The van der Waals surface area contributed by atoms with E-state index >= 15 is 0 Å². The third-order valence-electron chi connectivity index (χ3n) is 2.29. The molecule has 0 spiro atoms. The molecule has 1 atom stereocenters. The summed E-state index contributed by atoms with van der Waals surface area (Å²) in [4.78, 5) is 0. The van der Waals surface area contributed by atoms with Crippen molar-refractivity contribution in [2.75, 3.05) is 11.5 Å². The van der Waals surface area contributed by atoms with Gasteiger partial charge in [-0.05, 0) is 24.2 Å². The Balaban J connectivity index is 2.01. The number of hydrogen-bond donors (Lipinski definition) is 0. The van der Waals surface area contributed by atoms with E-state index in [1.54, 1.807) is 11.8 Å². The van der Waals surface area contributed by atoms with Crippen molar-refractivity contribution in [3.63, 3.8) is 0 Å². The first-order valence-electron chi connectivity index (χ1n) is 5.11. The Labute approximate surface area is 97.4 Å². The Hall–Kier alpha value is -0.540. The van der Waals surface area contributed by atoms with Crippen LogP contribution >= 0.6 is 11.8 Å². The van der Waals surface area contributed by atoms with Crippen LogP contribution in [-0.2, 0) is 17.2 Å². The molecule has 3 heteroatoms. The van der Waals surface area contributed by atoms with Crippen molar-refractivity contribution in [3.8, 4) is 0 Å². The highest BCUT2D eigenvalue weighted by atomic mass is 32.2. The molecule has 1 fully saturated rings. The van der Waals surface area contributed by atoms with Crippen molar-refractivity contribution >= 4 is 22.6 Å². The normalized spacial score (nSPS) is 24.3. The van der Waals surface area contributed by atoms with Gasteiger partial charge in [0.05, 0.1) is 15.0 Å². The molecule has 0 bridgehead atoms. The van der Waals surface area contributed by atoms with Crippen LogP contribution in [0.1, 0.15) is 12.0 Å². The SMILES string of the molecule is O=S1CCCS/C1=C\Cc1ccccc1. The van der Waals surface area contributed by atoms with Crippen LogP contribution in [0.15, 0.2) is 40.6 Å². The van der Waals surface area contributed by atoms with Crippen molar-refractivity contribution in [2.24, 2.45) is 0 Å². The minimum Gasteiger partial charge on any atom is -0.254 e. The Morgan fingerprint density at radius 3 is 2.87 bits per heavy atom. The molecule has 1 aromatic rings. The molecule has 0 N–H and O–H groups in total. The molecule has 1 nitrogen and oxygen atoms in total. The summed E-state index contributed by atoms with van der Waals surface area (Å²) in [6.07, 6.45) is 4.10. The maximum absolute atomic E-state index is 11.6. The smallest absolute Gasteiger partial charge is 0.0679 e. The van der Waals surface area contributed by atoms with Crippen molar-refractivity contribution < 1.29 is 4.21 Å². The minimum absolute atomic E-state index is 0.728. The van der Waals surface area contributed by atoms with E-state index in [4.69, 9.17) is 0 Å². The fourth-order valence-corrected chi connectivity index (χ4v) is 4.27. The molecular formula is C12H14OS2. The molecule has 0 radical (unpaired) electrons. The molecular weight excluding hydrogens is 224 g/mol. The molecule has 0 aromatic heterocycles. The first kappa shape index (κ1) is 11.0. The van der Waals surface area contributed by atoms with Crippen LogP contribution in [0.5, 0.6) is 0 Å². The Morgan fingerprint density at radius 1 is 1.33 bits per heavy atom. The van der Waals surface area contributed by atoms with Gasteiger partial charge in [-0.3, -0.25) is 4.21 Å². The summed E-state index contributed by atoms with van der Waals surface area (Å²) >= 11 is 1.75. The molecule has 2 rings (SSSR count). The number of thioether (sulfide) groups is 1. The van der Waals surface area contributed by atoms with E-state index in [9.17, 15) is 4.21 Å². The van der Waals surface area contributed by atoms with Crippen LogP contribution in [0.3, 0.4) is 0 Å². The second-order valence-corrected chi connectivity index (χ2v) is 6.40. The third-order valence-corrected chi connectivity index (χ3v) is 5.42. The van der Waals surface area contributed by atoms with Crippen molar-refractivity contribution in [3.05, 3.63) is 46.2 Å². The molecule has 80 valence electrons.